The van der Waals surface area contributed by atoms with Crippen molar-refractivity contribution in [2.45, 2.75) is 0 Å². The van der Waals surface area contributed by atoms with Gasteiger partial charge >= 0.3 is 35.6 Å². The zero-order chi connectivity index (χ0) is 21.2. The molecule has 30 heavy (non-hydrogen) atoms. The van der Waals surface area contributed by atoms with Crippen molar-refractivity contribution in [3.05, 3.63) is 120 Å². The Morgan fingerprint density at radius 3 is 1.80 bits per heavy atom. The van der Waals surface area contributed by atoms with Crippen LogP contribution in [-0.2, 0) is 17.0 Å². The van der Waals surface area contributed by atoms with E-state index in [1.807, 2.05) is 109 Å². The molecule has 4 rings (SSSR count). The third-order valence-electron chi connectivity index (χ3n) is 4.42. The molecule has 0 amide bonds. The van der Waals surface area contributed by atoms with Crippen LogP contribution in [0.4, 0.5) is 5.69 Å². The number of aromatic hydroxyl groups is 1. The van der Waals surface area contributed by atoms with E-state index < -0.39 is 17.0 Å². The van der Waals surface area contributed by atoms with Crippen LogP contribution in [-0.4, -0.2) is 10.8 Å². The fourth-order valence-electron chi connectivity index (χ4n) is 3.09. The van der Waals surface area contributed by atoms with Gasteiger partial charge in [-0.1, -0.05) is 91.0 Å². The summed E-state index contributed by atoms with van der Waals surface area (Å²) in [5, 5.41) is 11.1. The molecule has 0 aliphatic heterocycles. The van der Waals surface area contributed by atoms with Crippen LogP contribution in [0, 0.1) is 0 Å². The summed E-state index contributed by atoms with van der Waals surface area (Å²) in [6.45, 7) is 0. The predicted molar refractivity (Wildman–Crippen MR) is 123 cm³/mol. The average molecular weight is 468 g/mol. The molecule has 0 aromatic heterocycles. The number of phenols is 1. The van der Waals surface area contributed by atoms with Crippen LogP contribution in [0.2, 0.25) is 0 Å². The molecule has 0 unspecified atom stereocenters. The van der Waals surface area contributed by atoms with E-state index in [2.05, 4.69) is 0 Å². The van der Waals surface area contributed by atoms with Gasteiger partial charge in [0, 0.05) is 16.7 Å². The molecule has 0 atom stereocenters. The Morgan fingerprint density at radius 1 is 0.667 bits per heavy atom. The summed E-state index contributed by atoms with van der Waals surface area (Å²) < 4.78 is 0. The molecule has 148 valence electrons. The average Bonchev–Trinajstić information content (AvgIpc) is 2.80. The molecular formula is C25H19Cl2NOTi. The molecule has 0 fully saturated rings. The Bertz CT molecular complexity index is 1090. The molecule has 0 heterocycles. The number of aliphatic imine (C=N–C) groups is 1. The molecule has 5 heteroatoms. The second-order valence-corrected chi connectivity index (χ2v) is 8.88. The molecule has 4 aromatic rings. The maximum absolute atomic E-state index is 11.1. The van der Waals surface area contributed by atoms with Gasteiger partial charge in [0.05, 0.1) is 11.4 Å². The Labute approximate surface area is 193 Å². The van der Waals surface area contributed by atoms with E-state index in [9.17, 15) is 5.11 Å². The third kappa shape index (κ3) is 5.84. The Balaban J connectivity index is 0.000000806. The van der Waals surface area contributed by atoms with Gasteiger partial charge in [0.1, 0.15) is 5.75 Å². The number of hydrogen-bond acceptors (Lipinski definition) is 2. The zero-order valence-electron chi connectivity index (χ0n) is 16.0. The molecule has 0 aliphatic carbocycles. The van der Waals surface area contributed by atoms with Gasteiger partial charge in [0.15, 0.2) is 0 Å². The SMILES string of the molecule is Oc1c(C(=Nc2ccccc2)c2ccccc2)cccc1-c1ccccc1.[Cl][Ti][Cl]. The predicted octanol–water partition coefficient (Wildman–Crippen LogP) is 7.60. The molecule has 1 N–H and O–H groups in total. The maximum atomic E-state index is 11.1. The van der Waals surface area contributed by atoms with Crippen molar-refractivity contribution in [1.82, 2.24) is 0 Å². The van der Waals surface area contributed by atoms with Gasteiger partial charge in [-0.15, -0.1) is 0 Å². The number of halogens is 2. The summed E-state index contributed by atoms with van der Waals surface area (Å²) in [6.07, 6.45) is 0. The fraction of sp³-hybridized carbons (Fsp3) is 0. The van der Waals surface area contributed by atoms with Crippen LogP contribution in [0.25, 0.3) is 11.1 Å². The van der Waals surface area contributed by atoms with Gasteiger partial charge in [-0.25, -0.2) is 4.99 Å². The van der Waals surface area contributed by atoms with E-state index in [0.717, 1.165) is 28.1 Å². The summed E-state index contributed by atoms with van der Waals surface area (Å²) in [7, 11) is 9.78. The van der Waals surface area contributed by atoms with E-state index in [-0.39, 0.29) is 5.75 Å². The first kappa shape index (κ1) is 22.3. The molecule has 4 aromatic carbocycles. The normalized spacial score (nSPS) is 10.7. The van der Waals surface area contributed by atoms with Crippen molar-refractivity contribution < 1.29 is 22.1 Å². The van der Waals surface area contributed by atoms with Gasteiger partial charge in [-0.05, 0) is 23.8 Å². The van der Waals surface area contributed by atoms with E-state index in [4.69, 9.17) is 23.6 Å². The van der Waals surface area contributed by atoms with Crippen molar-refractivity contribution >= 4 is 30.0 Å². The van der Waals surface area contributed by atoms with E-state index in [1.165, 1.54) is 0 Å². The fourth-order valence-corrected chi connectivity index (χ4v) is 3.09. The Morgan fingerprint density at radius 2 is 1.20 bits per heavy atom. The number of phenolic OH excluding ortho intramolecular Hbond substituents is 1. The summed E-state index contributed by atoms with van der Waals surface area (Å²) >= 11 is -0.556. The number of hydrogen-bond donors (Lipinski definition) is 1. The number of rotatable bonds is 4. The summed E-state index contributed by atoms with van der Waals surface area (Å²) in [4.78, 5) is 4.85. The van der Waals surface area contributed by atoms with Crippen LogP contribution in [0.5, 0.6) is 5.75 Å². The van der Waals surface area contributed by atoms with Gasteiger partial charge < -0.3 is 5.11 Å². The van der Waals surface area contributed by atoms with Crippen LogP contribution < -0.4 is 0 Å². The second-order valence-electron chi connectivity index (χ2n) is 6.30. The van der Waals surface area contributed by atoms with Crippen LogP contribution in [0.1, 0.15) is 11.1 Å². The molecule has 0 saturated heterocycles. The van der Waals surface area contributed by atoms with E-state index >= 15 is 0 Å². The van der Waals surface area contributed by atoms with Gasteiger partial charge in [0.25, 0.3) is 0 Å². The van der Waals surface area contributed by atoms with Crippen LogP contribution >= 0.6 is 18.6 Å². The quantitative estimate of drug-likeness (QED) is 0.243. The molecule has 0 spiro atoms. The number of nitrogens with zero attached hydrogens (tertiary/aromatic N) is 1. The molecule has 0 bridgehead atoms. The minimum absolute atomic E-state index is 0.238. The Hall–Kier alpha value is -2.36. The molecule has 0 radical (unpaired) electrons. The number of para-hydroxylation sites is 2. The first-order valence-electron chi connectivity index (χ1n) is 9.27. The zero-order valence-corrected chi connectivity index (χ0v) is 19.1. The van der Waals surface area contributed by atoms with Gasteiger partial charge in [0.2, 0.25) is 0 Å². The number of benzene rings is 4. The molecule has 2 nitrogen and oxygen atoms in total. The van der Waals surface area contributed by atoms with Gasteiger partial charge in [-0.2, -0.15) is 0 Å². The first-order valence-corrected chi connectivity index (χ1v) is 13.6. The Kier molecular flexibility index (Phi) is 8.73. The van der Waals surface area contributed by atoms with Crippen molar-refractivity contribution in [2.24, 2.45) is 4.99 Å². The third-order valence-corrected chi connectivity index (χ3v) is 4.42. The first-order chi connectivity index (χ1) is 14.7. The van der Waals surface area contributed by atoms with Crippen molar-refractivity contribution in [2.75, 3.05) is 0 Å². The summed E-state index contributed by atoms with van der Waals surface area (Å²) in [6, 6.07) is 35.5. The van der Waals surface area contributed by atoms with Crippen molar-refractivity contribution in [1.29, 1.82) is 0 Å². The second kappa shape index (κ2) is 11.7. The molecule has 0 aliphatic rings. The van der Waals surface area contributed by atoms with Crippen LogP contribution in [0.15, 0.2) is 114 Å². The van der Waals surface area contributed by atoms with Crippen molar-refractivity contribution in [3.8, 4) is 16.9 Å². The van der Waals surface area contributed by atoms with Crippen LogP contribution in [0.3, 0.4) is 0 Å². The van der Waals surface area contributed by atoms with Crippen molar-refractivity contribution in [3.63, 3.8) is 0 Å². The minimum atomic E-state index is -0.556. The summed E-state index contributed by atoms with van der Waals surface area (Å²) in [5.41, 5.74) is 5.04. The van der Waals surface area contributed by atoms with E-state index in [0.29, 0.717) is 5.56 Å². The topological polar surface area (TPSA) is 32.6 Å². The monoisotopic (exact) mass is 467 g/mol. The van der Waals surface area contributed by atoms with Gasteiger partial charge in [-0.3, -0.25) is 0 Å². The standard InChI is InChI=1S/C25H19NO.2ClH.Ti/c27-25-22(19-11-4-1-5-12-19)17-10-18-23(25)24(20-13-6-2-7-14-20)26-21-15-8-3-9-16-21;;;/h1-18,27H;2*1H;/q;;;+2/p-2. The summed E-state index contributed by atoms with van der Waals surface area (Å²) in [5.74, 6) is 0.238. The van der Waals surface area contributed by atoms with E-state index in [1.54, 1.807) is 0 Å². The molecule has 0 saturated carbocycles. The molecular weight excluding hydrogens is 449 g/mol.